The maximum absolute atomic E-state index is 11.9. The third-order valence-electron chi connectivity index (χ3n) is 2.57. The zero-order valence-electron chi connectivity index (χ0n) is 10.0. The Morgan fingerprint density at radius 1 is 1.32 bits per heavy atom. The molecule has 0 radical (unpaired) electrons. The van der Waals surface area contributed by atoms with Crippen molar-refractivity contribution in [3.63, 3.8) is 0 Å². The van der Waals surface area contributed by atoms with Crippen molar-refractivity contribution >= 4 is 28.8 Å². The Hall–Kier alpha value is -1.32. The van der Waals surface area contributed by atoms with Crippen LogP contribution >= 0.6 is 22.9 Å². The van der Waals surface area contributed by atoms with Crippen LogP contribution in [0.5, 0.6) is 0 Å². The van der Waals surface area contributed by atoms with Gasteiger partial charge in [0.15, 0.2) is 0 Å². The maximum Gasteiger partial charge on any atom is 0.251 e. The molecule has 2 rings (SSSR count). The third kappa shape index (κ3) is 4.69. The van der Waals surface area contributed by atoms with Crippen molar-refractivity contribution in [2.24, 2.45) is 0 Å². The molecule has 1 heterocycles. The van der Waals surface area contributed by atoms with E-state index < -0.39 is 0 Å². The minimum atomic E-state index is -0.0595. The number of halogens is 1. The van der Waals surface area contributed by atoms with Gasteiger partial charge in [0.2, 0.25) is 0 Å². The normalized spacial score (nSPS) is 11.5. The largest absolute Gasteiger partial charge is 0.349 e. The van der Waals surface area contributed by atoms with Crippen LogP contribution in [-0.4, -0.2) is 11.9 Å². The van der Waals surface area contributed by atoms with E-state index in [2.05, 4.69) is 11.4 Å². The number of carbonyl (C=O) groups excluding carboxylic acids is 1. The smallest absolute Gasteiger partial charge is 0.251 e. The van der Waals surface area contributed by atoms with Crippen molar-refractivity contribution in [1.29, 1.82) is 0 Å². The summed E-state index contributed by atoms with van der Waals surface area (Å²) in [7, 11) is 0. The average Bonchev–Trinajstić information content (AvgIpc) is 2.82. The Morgan fingerprint density at radius 3 is 2.58 bits per heavy atom. The molecule has 0 saturated carbocycles. The van der Waals surface area contributed by atoms with Gasteiger partial charge in [0.05, 0.1) is 0 Å². The molecule has 0 saturated heterocycles. The van der Waals surface area contributed by atoms with Gasteiger partial charge in [-0.25, -0.2) is 0 Å². The average molecular weight is 296 g/mol. The molecule has 102 valence electrons. The lowest BCUT2D eigenvalue weighted by atomic mass is 10.1. The molecule has 0 aliphatic heterocycles. The van der Waals surface area contributed by atoms with Gasteiger partial charge in [-0.3, -0.25) is 4.79 Å². The van der Waals surface area contributed by atoms with E-state index in [1.54, 1.807) is 35.6 Å². The standard InChI is InChI=1S/C14H14ClNOS.CH4/c1-10(9-13-3-2-8-18-13)16-14(17)11-4-6-12(15)7-5-11;/h2-8,10H,9H2,1H3,(H,16,17);1H4/t10-;/m1./s1. The predicted octanol–water partition coefficient (Wildman–Crippen LogP) is 4.40. The lowest BCUT2D eigenvalue weighted by Crippen LogP contribution is -2.33. The molecule has 0 aliphatic carbocycles. The van der Waals surface area contributed by atoms with Crippen molar-refractivity contribution in [1.82, 2.24) is 5.32 Å². The molecule has 0 aliphatic rings. The van der Waals surface area contributed by atoms with Crippen LogP contribution in [0.25, 0.3) is 0 Å². The first-order valence-corrected chi connectivity index (χ1v) is 7.00. The highest BCUT2D eigenvalue weighted by Gasteiger charge is 2.10. The molecule has 0 spiro atoms. The molecule has 19 heavy (non-hydrogen) atoms. The van der Waals surface area contributed by atoms with Crippen LogP contribution in [0.2, 0.25) is 5.02 Å². The van der Waals surface area contributed by atoms with Gasteiger partial charge < -0.3 is 5.32 Å². The summed E-state index contributed by atoms with van der Waals surface area (Å²) in [4.78, 5) is 13.2. The van der Waals surface area contributed by atoms with E-state index in [4.69, 9.17) is 11.6 Å². The molecule has 4 heteroatoms. The number of benzene rings is 1. The van der Waals surface area contributed by atoms with Gasteiger partial charge in [0.25, 0.3) is 5.91 Å². The van der Waals surface area contributed by atoms with Crippen LogP contribution in [-0.2, 0) is 6.42 Å². The van der Waals surface area contributed by atoms with Gasteiger partial charge >= 0.3 is 0 Å². The van der Waals surface area contributed by atoms with Crippen LogP contribution in [0.1, 0.15) is 29.6 Å². The number of rotatable bonds is 4. The van der Waals surface area contributed by atoms with E-state index in [0.29, 0.717) is 10.6 Å². The molecule has 0 unspecified atom stereocenters. The maximum atomic E-state index is 11.9. The summed E-state index contributed by atoms with van der Waals surface area (Å²) in [6, 6.07) is 11.1. The van der Waals surface area contributed by atoms with Gasteiger partial charge in [0, 0.05) is 27.9 Å². The molecule has 0 fully saturated rings. The quantitative estimate of drug-likeness (QED) is 0.890. The second-order valence-electron chi connectivity index (χ2n) is 4.16. The molecule has 0 bridgehead atoms. The topological polar surface area (TPSA) is 29.1 Å². The van der Waals surface area contributed by atoms with Gasteiger partial charge in [-0.2, -0.15) is 0 Å². The molecule has 1 aromatic heterocycles. The summed E-state index contributed by atoms with van der Waals surface area (Å²) in [5, 5.41) is 5.66. The van der Waals surface area contributed by atoms with E-state index in [9.17, 15) is 4.79 Å². The van der Waals surface area contributed by atoms with Gasteiger partial charge in [-0.15, -0.1) is 11.3 Å². The van der Waals surface area contributed by atoms with Crippen molar-refractivity contribution in [2.75, 3.05) is 0 Å². The zero-order chi connectivity index (χ0) is 13.0. The fourth-order valence-corrected chi connectivity index (χ4v) is 2.65. The Labute approximate surface area is 123 Å². The molecular weight excluding hydrogens is 278 g/mol. The highest BCUT2D eigenvalue weighted by molar-refractivity contribution is 7.09. The fourth-order valence-electron chi connectivity index (χ4n) is 1.69. The first kappa shape index (κ1) is 15.7. The second-order valence-corrected chi connectivity index (χ2v) is 5.63. The SMILES string of the molecule is C.C[C@H](Cc1cccs1)NC(=O)c1ccc(Cl)cc1. The highest BCUT2D eigenvalue weighted by Crippen LogP contribution is 2.12. The van der Waals surface area contributed by atoms with Gasteiger partial charge in [-0.1, -0.05) is 25.1 Å². The summed E-state index contributed by atoms with van der Waals surface area (Å²) in [5.74, 6) is -0.0595. The van der Waals surface area contributed by atoms with Crippen LogP contribution in [0.4, 0.5) is 0 Å². The lowest BCUT2D eigenvalue weighted by molar-refractivity contribution is 0.0940. The highest BCUT2D eigenvalue weighted by atomic mass is 35.5. The number of nitrogens with one attached hydrogen (secondary N) is 1. The van der Waals surface area contributed by atoms with E-state index in [1.165, 1.54) is 4.88 Å². The Balaban J connectivity index is 0.00000180. The first-order valence-electron chi connectivity index (χ1n) is 5.74. The predicted molar refractivity (Wildman–Crippen MR) is 83.1 cm³/mol. The van der Waals surface area contributed by atoms with Crippen LogP contribution in [0.3, 0.4) is 0 Å². The first-order chi connectivity index (χ1) is 8.65. The molecule has 1 atom stereocenters. The third-order valence-corrected chi connectivity index (χ3v) is 3.72. The van der Waals surface area contributed by atoms with Crippen LogP contribution in [0, 0.1) is 0 Å². The minimum Gasteiger partial charge on any atom is -0.349 e. The number of hydrogen-bond acceptors (Lipinski definition) is 2. The van der Waals surface area contributed by atoms with Gasteiger partial charge in [0.1, 0.15) is 0 Å². The monoisotopic (exact) mass is 295 g/mol. The van der Waals surface area contributed by atoms with Crippen molar-refractivity contribution < 1.29 is 4.79 Å². The fraction of sp³-hybridized carbons (Fsp3) is 0.267. The van der Waals surface area contributed by atoms with Crippen LogP contribution in [0.15, 0.2) is 41.8 Å². The molecule has 2 nitrogen and oxygen atoms in total. The molecule has 2 aromatic rings. The second kappa shape index (κ2) is 7.31. The summed E-state index contributed by atoms with van der Waals surface area (Å²) in [5.41, 5.74) is 0.637. The Morgan fingerprint density at radius 2 is 2.00 bits per heavy atom. The number of amides is 1. The molecule has 1 aromatic carbocycles. The molecule has 1 amide bonds. The van der Waals surface area contributed by atoms with Gasteiger partial charge in [-0.05, 0) is 42.6 Å². The Kier molecular flexibility index (Phi) is 6.06. The van der Waals surface area contributed by atoms with Crippen molar-refractivity contribution in [3.05, 3.63) is 57.2 Å². The number of carbonyl (C=O) groups is 1. The zero-order valence-corrected chi connectivity index (χ0v) is 11.6. The van der Waals surface area contributed by atoms with Crippen molar-refractivity contribution in [3.8, 4) is 0 Å². The van der Waals surface area contributed by atoms with E-state index in [0.717, 1.165) is 6.42 Å². The minimum absolute atomic E-state index is 0. The number of hydrogen-bond donors (Lipinski definition) is 1. The summed E-state index contributed by atoms with van der Waals surface area (Å²) in [6.07, 6.45) is 0.858. The summed E-state index contributed by atoms with van der Waals surface area (Å²) < 4.78 is 0. The Bertz CT molecular complexity index is 507. The number of thiophene rings is 1. The summed E-state index contributed by atoms with van der Waals surface area (Å²) >= 11 is 7.49. The lowest BCUT2D eigenvalue weighted by Gasteiger charge is -2.12. The molecular formula is C15H18ClNOS. The van der Waals surface area contributed by atoms with E-state index in [-0.39, 0.29) is 19.4 Å². The van der Waals surface area contributed by atoms with E-state index >= 15 is 0 Å². The van der Waals surface area contributed by atoms with Crippen molar-refractivity contribution in [2.45, 2.75) is 26.8 Å². The molecule has 1 N–H and O–H groups in total. The van der Waals surface area contributed by atoms with E-state index in [1.807, 2.05) is 18.4 Å². The summed E-state index contributed by atoms with van der Waals surface area (Å²) in [6.45, 7) is 2.01. The van der Waals surface area contributed by atoms with Crippen LogP contribution < -0.4 is 5.32 Å².